The number of hydrogen-bond acceptors (Lipinski definition) is 3. The van der Waals surface area contributed by atoms with Crippen LogP contribution in [-0.4, -0.2) is 45.0 Å². The van der Waals surface area contributed by atoms with Gasteiger partial charge in [0, 0.05) is 37.9 Å². The van der Waals surface area contributed by atoms with Crippen LogP contribution in [0.3, 0.4) is 0 Å². The molecule has 118 valence electrons. The van der Waals surface area contributed by atoms with E-state index in [1.807, 2.05) is 11.7 Å². The molecule has 0 aliphatic carbocycles. The minimum absolute atomic E-state index is 0.0956. The summed E-state index contributed by atoms with van der Waals surface area (Å²) in [7, 11) is 1.95. The number of likely N-dealkylation sites (tertiary alicyclic amines) is 1. The highest BCUT2D eigenvalue weighted by molar-refractivity contribution is 5.74. The molecule has 1 fully saturated rings. The fourth-order valence-electron chi connectivity index (χ4n) is 3.01. The van der Waals surface area contributed by atoms with Crippen LogP contribution < -0.4 is 5.32 Å². The van der Waals surface area contributed by atoms with Crippen LogP contribution in [-0.2, 0) is 26.4 Å². The van der Waals surface area contributed by atoms with Crippen molar-refractivity contribution in [2.45, 2.75) is 52.2 Å². The van der Waals surface area contributed by atoms with Crippen LogP contribution >= 0.6 is 0 Å². The molecule has 2 heterocycles. The number of rotatable bonds is 4. The highest BCUT2D eigenvalue weighted by Crippen LogP contribution is 2.16. The first-order chi connectivity index (χ1) is 10.1. The predicted molar refractivity (Wildman–Crippen MR) is 81.0 cm³/mol. The molecule has 0 aromatic carbocycles. The van der Waals surface area contributed by atoms with Crippen LogP contribution in [0.2, 0.25) is 0 Å². The van der Waals surface area contributed by atoms with E-state index < -0.39 is 0 Å². The van der Waals surface area contributed by atoms with Gasteiger partial charge in [-0.15, -0.1) is 0 Å². The Morgan fingerprint density at radius 3 is 2.81 bits per heavy atom. The maximum atomic E-state index is 12.2. The highest BCUT2D eigenvalue weighted by atomic mass is 16.3. The molecule has 1 aliphatic rings. The lowest BCUT2D eigenvalue weighted by atomic mass is 10.1. The van der Waals surface area contributed by atoms with Crippen molar-refractivity contribution in [2.24, 2.45) is 7.05 Å². The summed E-state index contributed by atoms with van der Waals surface area (Å²) >= 11 is 0. The summed E-state index contributed by atoms with van der Waals surface area (Å²) in [6.45, 7) is 5.83. The second-order valence-electron chi connectivity index (χ2n) is 5.60. The van der Waals surface area contributed by atoms with Gasteiger partial charge in [0.15, 0.2) is 0 Å². The van der Waals surface area contributed by atoms with E-state index in [2.05, 4.69) is 24.3 Å². The van der Waals surface area contributed by atoms with Crippen LogP contribution in [0.4, 0.5) is 4.79 Å². The van der Waals surface area contributed by atoms with E-state index in [0.29, 0.717) is 13.1 Å². The molecule has 0 bridgehead atoms. The van der Waals surface area contributed by atoms with Gasteiger partial charge >= 0.3 is 6.03 Å². The van der Waals surface area contributed by atoms with Crippen molar-refractivity contribution in [2.75, 3.05) is 13.1 Å². The first-order valence-electron chi connectivity index (χ1n) is 7.81. The van der Waals surface area contributed by atoms with Gasteiger partial charge in [0.05, 0.1) is 11.8 Å². The summed E-state index contributed by atoms with van der Waals surface area (Å²) in [4.78, 5) is 13.9. The van der Waals surface area contributed by atoms with Gasteiger partial charge in [0.1, 0.15) is 0 Å². The average molecular weight is 294 g/mol. The number of carbonyl (C=O) groups excluding carboxylic acids is 1. The number of aromatic nitrogens is 2. The van der Waals surface area contributed by atoms with Gasteiger partial charge in [-0.05, 0) is 25.7 Å². The monoisotopic (exact) mass is 294 g/mol. The summed E-state index contributed by atoms with van der Waals surface area (Å²) in [5, 5.41) is 17.1. The van der Waals surface area contributed by atoms with Crippen molar-refractivity contribution in [3.8, 4) is 0 Å². The predicted octanol–water partition coefficient (Wildman–Crippen LogP) is 1.21. The first-order valence-corrected chi connectivity index (χ1v) is 7.81. The molecule has 1 unspecified atom stereocenters. The van der Waals surface area contributed by atoms with E-state index in [1.165, 1.54) is 5.69 Å². The molecule has 2 N–H and O–H groups in total. The van der Waals surface area contributed by atoms with Gasteiger partial charge in [-0.1, -0.05) is 13.8 Å². The summed E-state index contributed by atoms with van der Waals surface area (Å²) in [5.74, 6) is 0. The Balaban J connectivity index is 2.00. The Morgan fingerprint density at radius 1 is 1.43 bits per heavy atom. The molecule has 1 aliphatic heterocycles. The van der Waals surface area contributed by atoms with E-state index in [9.17, 15) is 9.90 Å². The molecule has 2 amide bonds. The number of urea groups is 1. The van der Waals surface area contributed by atoms with Gasteiger partial charge in [0.25, 0.3) is 0 Å². The van der Waals surface area contributed by atoms with Crippen LogP contribution in [0.15, 0.2) is 0 Å². The minimum atomic E-state index is -0.389. The number of hydrogen-bond donors (Lipinski definition) is 2. The normalized spacial score (nSPS) is 18.9. The molecule has 6 nitrogen and oxygen atoms in total. The maximum absolute atomic E-state index is 12.2. The molecule has 0 spiro atoms. The fourth-order valence-corrected chi connectivity index (χ4v) is 3.01. The molecule has 1 aromatic rings. The summed E-state index contributed by atoms with van der Waals surface area (Å²) in [6.07, 6.45) is 3.02. The molecule has 1 atom stereocenters. The molecular formula is C15H26N4O2. The van der Waals surface area contributed by atoms with E-state index in [1.54, 1.807) is 4.90 Å². The Labute approximate surface area is 126 Å². The number of aryl methyl sites for hydroxylation is 2. The van der Waals surface area contributed by atoms with Crippen LogP contribution in [0.1, 0.15) is 43.6 Å². The zero-order valence-electron chi connectivity index (χ0n) is 13.2. The number of nitrogens with zero attached hydrogens (tertiary/aromatic N) is 3. The quantitative estimate of drug-likeness (QED) is 0.877. The zero-order valence-corrected chi connectivity index (χ0v) is 13.2. The molecule has 21 heavy (non-hydrogen) atoms. The number of piperidine rings is 1. The number of aliphatic hydroxyl groups excluding tert-OH is 1. The minimum Gasteiger partial charge on any atom is -0.391 e. The lowest BCUT2D eigenvalue weighted by molar-refractivity contribution is 0.0841. The van der Waals surface area contributed by atoms with Gasteiger partial charge in [-0.2, -0.15) is 5.10 Å². The van der Waals surface area contributed by atoms with Gasteiger partial charge in [-0.3, -0.25) is 4.68 Å². The van der Waals surface area contributed by atoms with E-state index in [0.717, 1.165) is 43.5 Å². The zero-order chi connectivity index (χ0) is 15.4. The second-order valence-corrected chi connectivity index (χ2v) is 5.60. The largest absolute Gasteiger partial charge is 0.391 e. The molecule has 0 saturated carbocycles. The lowest BCUT2D eigenvalue weighted by Crippen LogP contribution is -2.46. The Hall–Kier alpha value is -1.56. The number of aliphatic hydroxyl groups is 1. The first kappa shape index (κ1) is 15.8. The number of carbonyl (C=O) groups is 1. The molecule has 1 saturated heterocycles. The molecule has 6 heteroatoms. The van der Waals surface area contributed by atoms with E-state index >= 15 is 0 Å². The number of β-amino-alcohol motifs (C(OH)–C–C–N with tert-alkyl or cyclic N) is 1. The smallest absolute Gasteiger partial charge is 0.317 e. The maximum Gasteiger partial charge on any atom is 0.317 e. The summed E-state index contributed by atoms with van der Waals surface area (Å²) < 4.78 is 1.91. The van der Waals surface area contributed by atoms with Crippen LogP contribution in [0, 0.1) is 0 Å². The fraction of sp³-hybridized carbons (Fsp3) is 0.733. The lowest BCUT2D eigenvalue weighted by Gasteiger charge is -2.30. The third-order valence-corrected chi connectivity index (χ3v) is 4.13. The van der Waals surface area contributed by atoms with Crippen molar-refractivity contribution in [1.82, 2.24) is 20.0 Å². The van der Waals surface area contributed by atoms with Crippen LogP contribution in [0.25, 0.3) is 0 Å². The third-order valence-electron chi connectivity index (χ3n) is 4.13. The van der Waals surface area contributed by atoms with Crippen molar-refractivity contribution in [3.63, 3.8) is 0 Å². The third kappa shape index (κ3) is 3.56. The molecule has 0 radical (unpaired) electrons. The number of amides is 2. The average Bonchev–Trinajstić information content (AvgIpc) is 2.79. The van der Waals surface area contributed by atoms with Crippen molar-refractivity contribution < 1.29 is 9.90 Å². The van der Waals surface area contributed by atoms with E-state index in [-0.39, 0.29) is 12.1 Å². The van der Waals surface area contributed by atoms with Gasteiger partial charge in [0.2, 0.25) is 0 Å². The molecule has 2 rings (SSSR count). The summed E-state index contributed by atoms with van der Waals surface area (Å²) in [5.41, 5.74) is 3.35. The van der Waals surface area contributed by atoms with Crippen molar-refractivity contribution in [3.05, 3.63) is 17.0 Å². The van der Waals surface area contributed by atoms with Gasteiger partial charge < -0.3 is 15.3 Å². The Kier molecular flexibility index (Phi) is 5.22. The Bertz CT molecular complexity index is 498. The molecule has 1 aromatic heterocycles. The topological polar surface area (TPSA) is 70.4 Å². The van der Waals surface area contributed by atoms with Crippen LogP contribution in [0.5, 0.6) is 0 Å². The van der Waals surface area contributed by atoms with Gasteiger partial charge in [-0.25, -0.2) is 4.79 Å². The highest BCUT2D eigenvalue weighted by Gasteiger charge is 2.22. The Morgan fingerprint density at radius 2 is 2.19 bits per heavy atom. The van der Waals surface area contributed by atoms with Crippen molar-refractivity contribution >= 4 is 6.03 Å². The van der Waals surface area contributed by atoms with Crippen molar-refractivity contribution in [1.29, 1.82) is 0 Å². The summed E-state index contributed by atoms with van der Waals surface area (Å²) in [6, 6.07) is -0.0956. The number of nitrogens with one attached hydrogen (secondary N) is 1. The molecular weight excluding hydrogens is 268 g/mol. The SMILES string of the molecule is CCc1nn(C)c(CC)c1CNC(=O)N1CCCC(O)C1. The van der Waals surface area contributed by atoms with E-state index in [4.69, 9.17) is 0 Å². The second kappa shape index (κ2) is 6.93. The standard InChI is InChI=1S/C15H26N4O2/c1-4-13-12(14(5-2)18(3)17-13)9-16-15(21)19-8-6-7-11(20)10-19/h11,20H,4-10H2,1-3H3,(H,16,21).